The molecule has 2 amide bonds. The number of hydrogen-bond acceptors (Lipinski definition) is 3. The summed E-state index contributed by atoms with van der Waals surface area (Å²) >= 11 is 0. The number of hydrogen-bond donors (Lipinski definition) is 3. The van der Waals surface area contributed by atoms with Gasteiger partial charge in [-0.25, -0.2) is 13.2 Å². The highest BCUT2D eigenvalue weighted by Gasteiger charge is 2.17. The largest absolute Gasteiger partial charge is 0.346 e. The number of halogens is 3. The van der Waals surface area contributed by atoms with Gasteiger partial charge in [0, 0.05) is 6.04 Å². The number of rotatable bonds is 8. The van der Waals surface area contributed by atoms with E-state index < -0.39 is 41.5 Å². The number of nitrogens with one attached hydrogen (secondary N) is 3. The van der Waals surface area contributed by atoms with Crippen LogP contribution in [0.2, 0.25) is 0 Å². The molecule has 0 saturated carbocycles. The molecule has 0 unspecified atom stereocenters. The Morgan fingerprint density at radius 1 is 0.893 bits per heavy atom. The van der Waals surface area contributed by atoms with Gasteiger partial charge in [0.25, 0.3) is 0 Å². The predicted molar refractivity (Wildman–Crippen MR) is 100.0 cm³/mol. The van der Waals surface area contributed by atoms with E-state index in [1.165, 1.54) is 0 Å². The van der Waals surface area contributed by atoms with Crippen molar-refractivity contribution in [2.45, 2.75) is 19.9 Å². The van der Waals surface area contributed by atoms with Crippen LogP contribution in [0, 0.1) is 23.4 Å². The van der Waals surface area contributed by atoms with Gasteiger partial charge in [-0.15, -0.1) is 0 Å². The number of benzene rings is 2. The third-order valence-electron chi connectivity index (χ3n) is 4.06. The molecule has 2 aromatic carbocycles. The Morgan fingerprint density at radius 3 is 2.21 bits per heavy atom. The summed E-state index contributed by atoms with van der Waals surface area (Å²) in [6, 6.07) is 11.2. The van der Waals surface area contributed by atoms with Crippen LogP contribution in [0.15, 0.2) is 42.5 Å². The molecule has 0 saturated heterocycles. The highest BCUT2D eigenvalue weighted by molar-refractivity contribution is 5.94. The van der Waals surface area contributed by atoms with Gasteiger partial charge in [-0.3, -0.25) is 9.59 Å². The highest BCUT2D eigenvalue weighted by atomic mass is 19.2. The first kappa shape index (κ1) is 21.4. The Labute approximate surface area is 161 Å². The van der Waals surface area contributed by atoms with Crippen LogP contribution in [-0.2, 0) is 9.59 Å². The van der Waals surface area contributed by atoms with Gasteiger partial charge in [-0.1, -0.05) is 44.2 Å². The molecule has 0 radical (unpaired) electrons. The first-order valence-corrected chi connectivity index (χ1v) is 8.78. The van der Waals surface area contributed by atoms with Gasteiger partial charge in [0.15, 0.2) is 17.5 Å². The van der Waals surface area contributed by atoms with Gasteiger partial charge in [-0.2, -0.15) is 0 Å². The van der Waals surface area contributed by atoms with Crippen LogP contribution >= 0.6 is 0 Å². The topological polar surface area (TPSA) is 70.2 Å². The van der Waals surface area contributed by atoms with Crippen LogP contribution < -0.4 is 16.0 Å². The van der Waals surface area contributed by atoms with Crippen LogP contribution in [0.3, 0.4) is 0 Å². The van der Waals surface area contributed by atoms with E-state index in [1.807, 2.05) is 44.2 Å². The van der Waals surface area contributed by atoms with E-state index in [2.05, 4.69) is 16.0 Å². The molecule has 1 atom stereocenters. The monoisotopic (exact) mass is 393 g/mol. The average molecular weight is 393 g/mol. The van der Waals surface area contributed by atoms with Crippen molar-refractivity contribution in [1.29, 1.82) is 0 Å². The van der Waals surface area contributed by atoms with Crippen molar-refractivity contribution in [3.8, 4) is 0 Å². The molecule has 5 nitrogen and oxygen atoms in total. The lowest BCUT2D eigenvalue weighted by Crippen LogP contribution is -2.40. The molecule has 0 spiro atoms. The molecule has 0 aliphatic rings. The van der Waals surface area contributed by atoms with E-state index in [0.717, 1.165) is 11.6 Å². The SMILES string of the molecule is CC(C)[C@@H](NCC(=O)NCC(=O)Nc1ccc(F)c(F)c1F)c1ccccc1. The summed E-state index contributed by atoms with van der Waals surface area (Å²) in [7, 11) is 0. The van der Waals surface area contributed by atoms with Crippen LogP contribution in [0.5, 0.6) is 0 Å². The molecule has 3 N–H and O–H groups in total. The smallest absolute Gasteiger partial charge is 0.243 e. The fourth-order valence-electron chi connectivity index (χ4n) is 2.66. The molecule has 150 valence electrons. The van der Waals surface area contributed by atoms with Gasteiger partial charge in [0.2, 0.25) is 11.8 Å². The van der Waals surface area contributed by atoms with Crippen molar-refractivity contribution in [2.75, 3.05) is 18.4 Å². The predicted octanol–water partition coefficient (Wildman–Crippen LogP) is 3.15. The quantitative estimate of drug-likeness (QED) is 0.604. The summed E-state index contributed by atoms with van der Waals surface area (Å²) in [5.74, 6) is -5.48. The number of amides is 2. The lowest BCUT2D eigenvalue weighted by Gasteiger charge is -2.22. The Morgan fingerprint density at radius 2 is 1.57 bits per heavy atom. The summed E-state index contributed by atoms with van der Waals surface area (Å²) in [6.07, 6.45) is 0. The standard InChI is InChI=1S/C20H22F3N3O2/c1-12(2)20(13-6-4-3-5-7-13)25-10-16(27)24-11-17(28)26-15-9-8-14(21)18(22)19(15)23/h3-9,12,20,25H,10-11H2,1-2H3,(H,24,27)(H,26,28)/t20-/m1/s1. The molecule has 0 fully saturated rings. The first-order valence-electron chi connectivity index (χ1n) is 8.78. The van der Waals surface area contributed by atoms with Crippen molar-refractivity contribution < 1.29 is 22.8 Å². The average Bonchev–Trinajstić information content (AvgIpc) is 2.67. The van der Waals surface area contributed by atoms with Gasteiger partial charge < -0.3 is 16.0 Å². The van der Waals surface area contributed by atoms with Crippen molar-refractivity contribution in [3.63, 3.8) is 0 Å². The van der Waals surface area contributed by atoms with E-state index in [-0.39, 0.29) is 18.5 Å². The summed E-state index contributed by atoms with van der Waals surface area (Å²) in [5.41, 5.74) is 0.539. The fraction of sp³-hybridized carbons (Fsp3) is 0.300. The van der Waals surface area contributed by atoms with Gasteiger partial charge >= 0.3 is 0 Å². The number of carbonyl (C=O) groups is 2. The molecule has 28 heavy (non-hydrogen) atoms. The maximum atomic E-state index is 13.5. The molecule has 2 rings (SSSR count). The zero-order chi connectivity index (χ0) is 20.7. The second-order valence-corrected chi connectivity index (χ2v) is 6.56. The molecule has 0 aliphatic heterocycles. The van der Waals surface area contributed by atoms with Crippen molar-refractivity contribution in [2.24, 2.45) is 5.92 Å². The Hall–Kier alpha value is -2.87. The molecule has 0 bridgehead atoms. The van der Waals surface area contributed by atoms with E-state index in [0.29, 0.717) is 6.07 Å². The lowest BCUT2D eigenvalue weighted by atomic mass is 9.96. The van der Waals surface area contributed by atoms with Crippen LogP contribution in [0.25, 0.3) is 0 Å². The van der Waals surface area contributed by atoms with E-state index in [9.17, 15) is 22.8 Å². The normalized spacial score (nSPS) is 11.9. The third kappa shape index (κ3) is 5.82. The molecule has 0 aromatic heterocycles. The Balaban J connectivity index is 1.83. The Bertz CT molecular complexity index is 829. The van der Waals surface area contributed by atoms with Crippen molar-refractivity contribution in [3.05, 3.63) is 65.5 Å². The fourth-order valence-corrected chi connectivity index (χ4v) is 2.66. The van der Waals surface area contributed by atoms with Gasteiger partial charge in [0.05, 0.1) is 18.8 Å². The minimum atomic E-state index is -1.67. The summed E-state index contributed by atoms with van der Waals surface area (Å²) in [5, 5.41) is 7.61. The molecule has 2 aromatic rings. The van der Waals surface area contributed by atoms with E-state index in [1.54, 1.807) is 0 Å². The maximum absolute atomic E-state index is 13.5. The summed E-state index contributed by atoms with van der Waals surface area (Å²) in [6.45, 7) is 3.58. The minimum absolute atomic E-state index is 0.0233. The van der Waals surface area contributed by atoms with E-state index >= 15 is 0 Å². The zero-order valence-electron chi connectivity index (χ0n) is 15.6. The summed E-state index contributed by atoms with van der Waals surface area (Å²) in [4.78, 5) is 23.8. The third-order valence-corrected chi connectivity index (χ3v) is 4.06. The highest BCUT2D eigenvalue weighted by Crippen LogP contribution is 2.21. The number of carbonyl (C=O) groups excluding carboxylic acids is 2. The lowest BCUT2D eigenvalue weighted by molar-refractivity contribution is -0.123. The van der Waals surface area contributed by atoms with Gasteiger partial charge in [0.1, 0.15) is 0 Å². The van der Waals surface area contributed by atoms with Crippen LogP contribution in [-0.4, -0.2) is 24.9 Å². The molecular formula is C20H22F3N3O2. The summed E-state index contributed by atoms with van der Waals surface area (Å²) < 4.78 is 39.6. The Kier molecular flexibility index (Phi) is 7.57. The van der Waals surface area contributed by atoms with Crippen LogP contribution in [0.1, 0.15) is 25.5 Å². The number of anilines is 1. The van der Waals surface area contributed by atoms with Crippen molar-refractivity contribution in [1.82, 2.24) is 10.6 Å². The zero-order valence-corrected chi connectivity index (χ0v) is 15.6. The minimum Gasteiger partial charge on any atom is -0.346 e. The second-order valence-electron chi connectivity index (χ2n) is 6.56. The molecule has 8 heteroatoms. The maximum Gasteiger partial charge on any atom is 0.243 e. The van der Waals surface area contributed by atoms with E-state index in [4.69, 9.17) is 0 Å². The van der Waals surface area contributed by atoms with Gasteiger partial charge in [-0.05, 0) is 23.6 Å². The first-order chi connectivity index (χ1) is 13.3. The second kappa shape index (κ2) is 9.89. The molecule has 0 aliphatic carbocycles. The molecule has 0 heterocycles. The van der Waals surface area contributed by atoms with Crippen molar-refractivity contribution >= 4 is 17.5 Å². The van der Waals surface area contributed by atoms with Crippen LogP contribution in [0.4, 0.5) is 18.9 Å². The molecular weight excluding hydrogens is 371 g/mol.